The molecule has 1 aromatic heterocycles. The summed E-state index contributed by atoms with van der Waals surface area (Å²) in [6.45, 7) is 1.72. The third kappa shape index (κ3) is 3.33. The lowest BCUT2D eigenvalue weighted by atomic mass is 10.2. The summed E-state index contributed by atoms with van der Waals surface area (Å²) in [5.74, 6) is 0.0990. The van der Waals surface area contributed by atoms with Crippen LogP contribution in [0.5, 0.6) is 5.75 Å². The van der Waals surface area contributed by atoms with Crippen molar-refractivity contribution in [2.75, 3.05) is 11.9 Å². The molecule has 0 atom stereocenters. The number of rotatable bonds is 4. The largest absolute Gasteiger partial charge is 0.482 e. The molecule has 5 heteroatoms. The fraction of sp³-hybridized carbons (Fsp3) is 0.133. The van der Waals surface area contributed by atoms with E-state index in [1.165, 1.54) is 0 Å². The maximum absolute atomic E-state index is 11.8. The number of hydrogen-bond donors (Lipinski definition) is 1. The molecule has 1 N–H and O–H groups in total. The van der Waals surface area contributed by atoms with Gasteiger partial charge in [-0.15, -0.1) is 0 Å². The molecule has 0 aliphatic rings. The van der Waals surface area contributed by atoms with Crippen LogP contribution in [0.1, 0.15) is 11.1 Å². The van der Waals surface area contributed by atoms with E-state index in [2.05, 4.69) is 10.3 Å². The van der Waals surface area contributed by atoms with Gasteiger partial charge in [0.05, 0.1) is 17.4 Å². The van der Waals surface area contributed by atoms with Crippen LogP contribution in [0.3, 0.4) is 0 Å². The molecule has 0 saturated carbocycles. The molecule has 0 saturated heterocycles. The summed E-state index contributed by atoms with van der Waals surface area (Å²) in [4.78, 5) is 15.7. The smallest absolute Gasteiger partial charge is 0.262 e. The molecular formula is C15H13N3O2. The minimum absolute atomic E-state index is 0.160. The van der Waals surface area contributed by atoms with Gasteiger partial charge in [0.1, 0.15) is 11.8 Å². The zero-order valence-corrected chi connectivity index (χ0v) is 11.0. The number of aryl methyl sites for hydroxylation is 1. The van der Waals surface area contributed by atoms with E-state index in [-0.39, 0.29) is 12.5 Å². The molecule has 0 unspecified atom stereocenters. The summed E-state index contributed by atoms with van der Waals surface area (Å²) in [5.41, 5.74) is 1.97. The lowest BCUT2D eigenvalue weighted by Crippen LogP contribution is -2.21. The molecule has 1 heterocycles. The Bertz CT molecular complexity index is 662. The molecule has 1 aromatic carbocycles. The predicted octanol–water partition coefficient (Wildman–Crippen LogP) is 2.28. The van der Waals surface area contributed by atoms with Crippen molar-refractivity contribution < 1.29 is 9.53 Å². The SMILES string of the molecule is Cc1ccncc1NC(=O)COc1ccccc1C#N. The van der Waals surface area contributed by atoms with E-state index in [1.54, 1.807) is 42.7 Å². The van der Waals surface area contributed by atoms with Crippen LogP contribution in [0.2, 0.25) is 0 Å². The first-order valence-electron chi connectivity index (χ1n) is 6.03. The van der Waals surface area contributed by atoms with Gasteiger partial charge in [0.15, 0.2) is 6.61 Å². The Hall–Kier alpha value is -2.87. The van der Waals surface area contributed by atoms with Gasteiger partial charge in [0.2, 0.25) is 0 Å². The number of para-hydroxylation sites is 1. The van der Waals surface area contributed by atoms with Crippen molar-refractivity contribution >= 4 is 11.6 Å². The highest BCUT2D eigenvalue weighted by Crippen LogP contribution is 2.16. The Kier molecular flexibility index (Phi) is 4.30. The van der Waals surface area contributed by atoms with Gasteiger partial charge < -0.3 is 10.1 Å². The summed E-state index contributed by atoms with van der Waals surface area (Å²) in [6, 6.07) is 10.6. The number of aromatic nitrogens is 1. The average Bonchev–Trinajstić information content (AvgIpc) is 2.48. The highest BCUT2D eigenvalue weighted by atomic mass is 16.5. The lowest BCUT2D eigenvalue weighted by molar-refractivity contribution is -0.118. The molecule has 0 radical (unpaired) electrons. The van der Waals surface area contributed by atoms with Crippen LogP contribution >= 0.6 is 0 Å². The van der Waals surface area contributed by atoms with Crippen molar-refractivity contribution in [1.29, 1.82) is 5.26 Å². The van der Waals surface area contributed by atoms with Crippen LogP contribution in [0.15, 0.2) is 42.7 Å². The molecule has 20 heavy (non-hydrogen) atoms. The fourth-order valence-electron chi connectivity index (χ4n) is 1.61. The first kappa shape index (κ1) is 13.6. The number of benzene rings is 1. The normalized spacial score (nSPS) is 9.60. The van der Waals surface area contributed by atoms with Crippen molar-refractivity contribution in [1.82, 2.24) is 4.98 Å². The number of hydrogen-bond acceptors (Lipinski definition) is 4. The number of nitrogens with zero attached hydrogens (tertiary/aromatic N) is 2. The monoisotopic (exact) mass is 267 g/mol. The maximum atomic E-state index is 11.8. The third-order valence-corrected chi connectivity index (χ3v) is 2.68. The van der Waals surface area contributed by atoms with Crippen molar-refractivity contribution in [3.63, 3.8) is 0 Å². The second-order valence-electron chi connectivity index (χ2n) is 4.14. The Morgan fingerprint density at radius 2 is 2.20 bits per heavy atom. The molecule has 2 rings (SSSR count). The Labute approximate surface area is 116 Å². The summed E-state index contributed by atoms with van der Waals surface area (Å²) < 4.78 is 5.35. The van der Waals surface area contributed by atoms with Gasteiger partial charge in [0, 0.05) is 6.20 Å². The Balaban J connectivity index is 1.96. The quantitative estimate of drug-likeness (QED) is 0.922. The van der Waals surface area contributed by atoms with Gasteiger partial charge in [-0.2, -0.15) is 5.26 Å². The molecule has 5 nitrogen and oxygen atoms in total. The number of nitriles is 1. The van der Waals surface area contributed by atoms with Crippen LogP contribution in [-0.4, -0.2) is 17.5 Å². The van der Waals surface area contributed by atoms with Gasteiger partial charge >= 0.3 is 0 Å². The highest BCUT2D eigenvalue weighted by Gasteiger charge is 2.07. The number of ether oxygens (including phenoxy) is 1. The number of nitrogens with one attached hydrogen (secondary N) is 1. The second kappa shape index (κ2) is 6.34. The second-order valence-corrected chi connectivity index (χ2v) is 4.14. The van der Waals surface area contributed by atoms with E-state index in [0.717, 1.165) is 5.56 Å². The molecule has 0 bridgehead atoms. The first-order valence-corrected chi connectivity index (χ1v) is 6.03. The Morgan fingerprint density at radius 1 is 1.40 bits per heavy atom. The standard InChI is InChI=1S/C15H13N3O2/c1-11-6-7-17-9-13(11)18-15(19)10-20-14-5-3-2-4-12(14)8-16/h2-7,9H,10H2,1H3,(H,18,19). The van der Waals surface area contributed by atoms with Gasteiger partial charge in [0.25, 0.3) is 5.91 Å². The topological polar surface area (TPSA) is 75.0 Å². The summed E-state index contributed by atoms with van der Waals surface area (Å²) in [6.07, 6.45) is 3.24. The molecule has 0 aliphatic carbocycles. The van der Waals surface area contributed by atoms with Crippen LogP contribution in [0.4, 0.5) is 5.69 Å². The summed E-state index contributed by atoms with van der Waals surface area (Å²) in [7, 11) is 0. The van der Waals surface area contributed by atoms with Crippen LogP contribution in [0.25, 0.3) is 0 Å². The minimum Gasteiger partial charge on any atom is -0.482 e. The minimum atomic E-state index is -0.297. The van der Waals surface area contributed by atoms with Gasteiger partial charge in [-0.25, -0.2) is 0 Å². The van der Waals surface area contributed by atoms with Crippen LogP contribution in [-0.2, 0) is 4.79 Å². The molecule has 2 aromatic rings. The van der Waals surface area contributed by atoms with E-state index in [4.69, 9.17) is 10.00 Å². The molecule has 0 fully saturated rings. The van der Waals surface area contributed by atoms with Crippen LogP contribution in [0, 0.1) is 18.3 Å². The van der Waals surface area contributed by atoms with E-state index >= 15 is 0 Å². The fourth-order valence-corrected chi connectivity index (χ4v) is 1.61. The molecule has 0 spiro atoms. The molecule has 100 valence electrons. The molecular weight excluding hydrogens is 254 g/mol. The van der Waals surface area contributed by atoms with E-state index < -0.39 is 0 Å². The lowest BCUT2D eigenvalue weighted by Gasteiger charge is -2.09. The zero-order valence-electron chi connectivity index (χ0n) is 11.0. The number of carbonyl (C=O) groups excluding carboxylic acids is 1. The van der Waals surface area contributed by atoms with E-state index in [0.29, 0.717) is 17.0 Å². The number of pyridine rings is 1. The predicted molar refractivity (Wildman–Crippen MR) is 74.3 cm³/mol. The average molecular weight is 267 g/mol. The molecule has 0 aliphatic heterocycles. The van der Waals surface area contributed by atoms with Crippen molar-refractivity contribution in [2.45, 2.75) is 6.92 Å². The number of anilines is 1. The Morgan fingerprint density at radius 3 is 2.95 bits per heavy atom. The molecule has 1 amide bonds. The van der Waals surface area contributed by atoms with Crippen molar-refractivity contribution in [3.05, 3.63) is 53.9 Å². The van der Waals surface area contributed by atoms with Gasteiger partial charge in [-0.05, 0) is 30.7 Å². The maximum Gasteiger partial charge on any atom is 0.262 e. The zero-order chi connectivity index (χ0) is 14.4. The van der Waals surface area contributed by atoms with Gasteiger partial charge in [-0.3, -0.25) is 9.78 Å². The third-order valence-electron chi connectivity index (χ3n) is 2.68. The number of carbonyl (C=O) groups is 1. The van der Waals surface area contributed by atoms with Crippen molar-refractivity contribution in [3.8, 4) is 11.8 Å². The highest BCUT2D eigenvalue weighted by molar-refractivity contribution is 5.92. The summed E-state index contributed by atoms with van der Waals surface area (Å²) in [5, 5.41) is 11.6. The van der Waals surface area contributed by atoms with E-state index in [1.807, 2.05) is 13.0 Å². The van der Waals surface area contributed by atoms with Crippen LogP contribution < -0.4 is 10.1 Å². The number of amides is 1. The van der Waals surface area contributed by atoms with Gasteiger partial charge in [-0.1, -0.05) is 12.1 Å². The summed E-state index contributed by atoms with van der Waals surface area (Å²) >= 11 is 0. The first-order chi connectivity index (χ1) is 9.70. The van der Waals surface area contributed by atoms with E-state index in [9.17, 15) is 4.79 Å². The van der Waals surface area contributed by atoms with Crippen molar-refractivity contribution in [2.24, 2.45) is 0 Å².